The Morgan fingerprint density at radius 3 is 1.50 bits per heavy atom. The fourth-order valence-corrected chi connectivity index (χ4v) is 4.21. The van der Waals surface area contributed by atoms with Gasteiger partial charge in [0.2, 0.25) is 0 Å². The highest BCUT2D eigenvalue weighted by Crippen LogP contribution is 2.62. The van der Waals surface area contributed by atoms with Crippen molar-refractivity contribution in [1.29, 1.82) is 0 Å². The molecule has 0 amide bonds. The minimum Gasteiger partial charge on any atom is -0.487 e. The molecule has 0 aliphatic heterocycles. The lowest BCUT2D eigenvalue weighted by Gasteiger charge is -2.41. The molecule has 0 saturated heterocycles. The summed E-state index contributed by atoms with van der Waals surface area (Å²) in [6.45, 7) is -0.809. The molecule has 0 fully saturated rings. The summed E-state index contributed by atoms with van der Waals surface area (Å²) in [5.41, 5.74) is 2.76. The van der Waals surface area contributed by atoms with Crippen molar-refractivity contribution in [1.82, 2.24) is 9.97 Å². The maximum absolute atomic E-state index is 14.1. The second-order valence-corrected chi connectivity index (χ2v) is 10.7. The van der Waals surface area contributed by atoms with Crippen molar-refractivity contribution in [2.75, 3.05) is 6.61 Å². The van der Waals surface area contributed by atoms with Crippen LogP contribution in [0.15, 0.2) is 60.9 Å². The van der Waals surface area contributed by atoms with Gasteiger partial charge in [-0.3, -0.25) is 0 Å². The van der Waals surface area contributed by atoms with E-state index in [1.807, 2.05) is 24.3 Å². The zero-order valence-corrected chi connectivity index (χ0v) is 24.5. The van der Waals surface area contributed by atoms with Gasteiger partial charge in [-0.2, -0.15) is 65.9 Å². The number of benzene rings is 2. The molecular weight excluding hydrogens is 689 g/mol. The maximum Gasteiger partial charge on any atom is 0.460 e. The van der Waals surface area contributed by atoms with Crippen LogP contribution in [0.25, 0.3) is 22.5 Å². The number of ether oxygens (including phenoxy) is 1. The van der Waals surface area contributed by atoms with E-state index in [4.69, 9.17) is 0 Å². The summed E-state index contributed by atoms with van der Waals surface area (Å²) in [4.78, 5) is 8.31. The molecule has 3 rings (SSSR count). The van der Waals surface area contributed by atoms with Gasteiger partial charge in [-0.05, 0) is 48.2 Å². The smallest absolute Gasteiger partial charge is 0.460 e. The fourth-order valence-electron chi connectivity index (χ4n) is 4.21. The Labute approximate surface area is 263 Å². The molecule has 3 aromatic rings. The van der Waals surface area contributed by atoms with Crippen molar-refractivity contribution in [3.8, 4) is 28.3 Å². The van der Waals surface area contributed by atoms with Crippen molar-refractivity contribution in [3.05, 3.63) is 66.5 Å². The molecule has 0 N–H and O–H groups in total. The lowest BCUT2D eigenvalue weighted by molar-refractivity contribution is -0.453. The average Bonchev–Trinajstić information content (AvgIpc) is 3.02. The van der Waals surface area contributed by atoms with Crippen LogP contribution in [0.2, 0.25) is 0 Å². The SMILES string of the molecule is CCCCCCc1ccc(-c2cnc(-c3ccc(OCC(F)(F)C(F)(F)C(F)(F)C(F)(F)C(F)(F)C(F)(F)C(F)(F)F)cc3)nc2)cc1. The second-order valence-electron chi connectivity index (χ2n) is 10.7. The summed E-state index contributed by atoms with van der Waals surface area (Å²) in [7, 11) is 0. The highest BCUT2D eigenvalue weighted by molar-refractivity contribution is 5.64. The fraction of sp³-hybridized carbons (Fsp3) is 0.467. The predicted octanol–water partition coefficient (Wildman–Crippen LogP) is 10.7. The van der Waals surface area contributed by atoms with Gasteiger partial charge in [0.25, 0.3) is 0 Å². The van der Waals surface area contributed by atoms with Crippen molar-refractivity contribution < 1.29 is 70.6 Å². The third-order valence-electron chi connectivity index (χ3n) is 7.18. The molecule has 0 atom stereocenters. The average molecular weight is 715 g/mol. The number of unbranched alkanes of at least 4 members (excludes halogenated alkanes) is 3. The van der Waals surface area contributed by atoms with Gasteiger partial charge in [-0.1, -0.05) is 50.5 Å². The third-order valence-corrected chi connectivity index (χ3v) is 7.18. The molecule has 3 nitrogen and oxygen atoms in total. The lowest BCUT2D eigenvalue weighted by atomic mass is 9.91. The van der Waals surface area contributed by atoms with Crippen LogP contribution in [0, 0.1) is 0 Å². The minimum absolute atomic E-state index is 0.0631. The van der Waals surface area contributed by atoms with Crippen molar-refractivity contribution in [2.45, 2.75) is 80.7 Å². The molecular formula is C30H25F15N2O. The van der Waals surface area contributed by atoms with E-state index in [9.17, 15) is 65.9 Å². The molecule has 48 heavy (non-hydrogen) atoms. The van der Waals surface area contributed by atoms with Gasteiger partial charge < -0.3 is 4.74 Å². The summed E-state index contributed by atoms with van der Waals surface area (Å²) in [5, 5.41) is 0. The van der Waals surface area contributed by atoms with Gasteiger partial charge in [0.15, 0.2) is 12.4 Å². The molecule has 0 bridgehead atoms. The Morgan fingerprint density at radius 2 is 1.00 bits per heavy atom. The first kappa shape index (κ1) is 38.7. The van der Waals surface area contributed by atoms with Crippen LogP contribution in [0.1, 0.15) is 38.2 Å². The van der Waals surface area contributed by atoms with Gasteiger partial charge in [-0.15, -0.1) is 0 Å². The number of aromatic nitrogens is 2. The molecule has 0 saturated carbocycles. The zero-order chi connectivity index (χ0) is 36.4. The molecule has 0 aliphatic carbocycles. The van der Waals surface area contributed by atoms with E-state index in [1.165, 1.54) is 12.4 Å². The second kappa shape index (κ2) is 13.6. The monoisotopic (exact) mass is 714 g/mol. The summed E-state index contributed by atoms with van der Waals surface area (Å²) in [5.74, 6) is -47.7. The van der Waals surface area contributed by atoms with Gasteiger partial charge in [-0.25, -0.2) is 9.97 Å². The van der Waals surface area contributed by atoms with Crippen molar-refractivity contribution in [2.24, 2.45) is 0 Å². The summed E-state index contributed by atoms with van der Waals surface area (Å²) in [6, 6.07) is 11.4. The lowest BCUT2D eigenvalue weighted by Crippen LogP contribution is -2.73. The Bertz CT molecular complexity index is 1490. The van der Waals surface area contributed by atoms with Crippen LogP contribution in [0.5, 0.6) is 5.75 Å². The summed E-state index contributed by atoms with van der Waals surface area (Å²) >= 11 is 0. The van der Waals surface area contributed by atoms with Crippen molar-refractivity contribution >= 4 is 0 Å². The zero-order valence-electron chi connectivity index (χ0n) is 24.5. The van der Waals surface area contributed by atoms with E-state index in [1.54, 1.807) is 0 Å². The first-order chi connectivity index (χ1) is 21.9. The number of nitrogens with zero attached hydrogens (tertiary/aromatic N) is 2. The summed E-state index contributed by atoms with van der Waals surface area (Å²) in [6.07, 6.45) is 0.613. The molecule has 0 spiro atoms. The van der Waals surface area contributed by atoms with Gasteiger partial charge in [0.1, 0.15) is 5.75 Å². The van der Waals surface area contributed by atoms with Gasteiger partial charge in [0.05, 0.1) is 0 Å². The third kappa shape index (κ3) is 7.16. The number of rotatable bonds is 15. The number of alkyl halides is 15. The number of hydrogen-bond donors (Lipinski definition) is 0. The normalized spacial score (nSPS) is 13.9. The van der Waals surface area contributed by atoms with Gasteiger partial charge in [0, 0.05) is 23.5 Å². The quantitative estimate of drug-likeness (QED) is 0.116. The summed E-state index contributed by atoms with van der Waals surface area (Å²) < 4.78 is 205. The standard InChI is InChI=1S/C30H25F15N2O/c1-2-3-4-5-6-18-7-9-19(10-8-18)21-15-46-23(47-16-21)20-11-13-22(14-12-20)48-17-24(31,32)25(33,34)26(35,36)27(37,38)28(39,40)29(41,42)30(43,44)45/h7-16H,2-6,17H2,1H3. The van der Waals surface area contributed by atoms with Crippen LogP contribution < -0.4 is 4.74 Å². The van der Waals surface area contributed by atoms with Gasteiger partial charge >= 0.3 is 41.7 Å². The Kier molecular flexibility index (Phi) is 11.0. The highest BCUT2D eigenvalue weighted by Gasteiger charge is 2.93. The molecule has 1 aromatic heterocycles. The van der Waals surface area contributed by atoms with Crippen LogP contribution in [0.4, 0.5) is 65.9 Å². The Hall–Kier alpha value is -3.73. The van der Waals surface area contributed by atoms with E-state index in [-0.39, 0.29) is 11.4 Å². The van der Waals surface area contributed by atoms with E-state index in [0.717, 1.165) is 67.5 Å². The maximum atomic E-state index is 14.1. The first-order valence-electron chi connectivity index (χ1n) is 13.9. The number of halogens is 15. The molecule has 2 aromatic carbocycles. The minimum atomic E-state index is -8.35. The molecule has 18 heteroatoms. The van der Waals surface area contributed by atoms with E-state index < -0.39 is 54.1 Å². The highest BCUT2D eigenvalue weighted by atomic mass is 19.4. The molecule has 266 valence electrons. The molecule has 1 heterocycles. The Balaban J connectivity index is 1.70. The van der Waals surface area contributed by atoms with E-state index in [0.29, 0.717) is 5.56 Å². The number of hydrogen-bond acceptors (Lipinski definition) is 3. The van der Waals surface area contributed by atoms with E-state index in [2.05, 4.69) is 21.6 Å². The van der Waals surface area contributed by atoms with Crippen molar-refractivity contribution in [3.63, 3.8) is 0 Å². The predicted molar refractivity (Wildman–Crippen MR) is 142 cm³/mol. The van der Waals surface area contributed by atoms with Crippen LogP contribution >= 0.6 is 0 Å². The molecule has 0 unspecified atom stereocenters. The Morgan fingerprint density at radius 1 is 0.521 bits per heavy atom. The van der Waals surface area contributed by atoms with Crippen LogP contribution in [-0.4, -0.2) is 58.3 Å². The largest absolute Gasteiger partial charge is 0.487 e. The van der Waals surface area contributed by atoms with Crippen LogP contribution in [-0.2, 0) is 6.42 Å². The topological polar surface area (TPSA) is 35.0 Å². The van der Waals surface area contributed by atoms with Crippen LogP contribution in [0.3, 0.4) is 0 Å². The number of aryl methyl sites for hydroxylation is 1. The molecule has 0 aliphatic rings. The van der Waals surface area contributed by atoms with E-state index >= 15 is 0 Å². The first-order valence-corrected chi connectivity index (χ1v) is 13.9. The molecule has 0 radical (unpaired) electrons.